The number of ether oxygens (including phenoxy) is 1. The molecule has 7 heteroatoms. The maximum atomic E-state index is 12.6. The number of likely N-dealkylation sites (N-methyl/N-ethyl adjacent to an activating group) is 1. The lowest BCUT2D eigenvalue weighted by molar-refractivity contribution is 0.0926. The second-order valence-electron chi connectivity index (χ2n) is 5.79. The van der Waals surface area contributed by atoms with Crippen LogP contribution < -0.4 is 10.1 Å². The SMILES string of the molecule is COc1cc2n[nH]nc2cc1C(=O)NC1CCCCN(C)C1. The molecule has 0 spiro atoms. The second kappa shape index (κ2) is 6.31. The van der Waals surface area contributed by atoms with Crippen molar-refractivity contribution in [1.29, 1.82) is 0 Å². The molecule has 7 nitrogen and oxygen atoms in total. The topological polar surface area (TPSA) is 83.1 Å². The molecule has 2 N–H and O–H groups in total. The number of nitrogens with one attached hydrogen (secondary N) is 2. The summed E-state index contributed by atoms with van der Waals surface area (Å²) in [6.45, 7) is 1.96. The van der Waals surface area contributed by atoms with Gasteiger partial charge in [0, 0.05) is 18.7 Å². The van der Waals surface area contributed by atoms with Gasteiger partial charge in [-0.25, -0.2) is 0 Å². The Bertz CT molecular complexity index is 669. The highest BCUT2D eigenvalue weighted by atomic mass is 16.5. The van der Waals surface area contributed by atoms with Gasteiger partial charge >= 0.3 is 0 Å². The van der Waals surface area contributed by atoms with E-state index >= 15 is 0 Å². The molecule has 1 aliphatic heterocycles. The number of hydrogen-bond acceptors (Lipinski definition) is 5. The van der Waals surface area contributed by atoms with Crippen LogP contribution in [0.25, 0.3) is 11.0 Å². The molecule has 1 atom stereocenters. The molecule has 2 aromatic rings. The molecular formula is C15H21N5O2. The van der Waals surface area contributed by atoms with Crippen LogP contribution in [0.5, 0.6) is 5.75 Å². The quantitative estimate of drug-likeness (QED) is 0.889. The first-order valence-corrected chi connectivity index (χ1v) is 7.55. The molecule has 118 valence electrons. The molecule has 0 saturated carbocycles. The highest BCUT2D eigenvalue weighted by Crippen LogP contribution is 2.24. The van der Waals surface area contributed by atoms with E-state index in [2.05, 4.69) is 32.7 Å². The third-order valence-electron chi connectivity index (χ3n) is 4.09. The molecule has 1 saturated heterocycles. The lowest BCUT2D eigenvalue weighted by Gasteiger charge is -2.21. The van der Waals surface area contributed by atoms with E-state index in [0.717, 1.165) is 25.9 Å². The molecule has 0 radical (unpaired) electrons. The van der Waals surface area contributed by atoms with Gasteiger partial charge in [0.2, 0.25) is 0 Å². The number of nitrogens with zero attached hydrogens (tertiary/aromatic N) is 3. The number of carbonyl (C=O) groups is 1. The van der Waals surface area contributed by atoms with Gasteiger partial charge in [-0.05, 0) is 32.5 Å². The van der Waals surface area contributed by atoms with E-state index in [1.54, 1.807) is 19.2 Å². The van der Waals surface area contributed by atoms with Gasteiger partial charge in [0.15, 0.2) is 0 Å². The number of methoxy groups -OCH3 is 1. The monoisotopic (exact) mass is 303 g/mol. The van der Waals surface area contributed by atoms with Gasteiger partial charge in [-0.2, -0.15) is 15.4 Å². The Morgan fingerprint density at radius 3 is 2.91 bits per heavy atom. The maximum Gasteiger partial charge on any atom is 0.255 e. The van der Waals surface area contributed by atoms with Crippen molar-refractivity contribution in [3.8, 4) is 5.75 Å². The molecule has 1 aliphatic rings. The molecule has 0 bridgehead atoms. The van der Waals surface area contributed by atoms with Crippen molar-refractivity contribution in [1.82, 2.24) is 25.6 Å². The minimum atomic E-state index is -0.123. The van der Waals surface area contributed by atoms with E-state index in [0.29, 0.717) is 22.3 Å². The van der Waals surface area contributed by atoms with Gasteiger partial charge < -0.3 is 15.0 Å². The molecule has 1 amide bonds. The zero-order chi connectivity index (χ0) is 15.5. The van der Waals surface area contributed by atoms with Gasteiger partial charge in [-0.1, -0.05) is 6.42 Å². The molecule has 1 fully saturated rings. The van der Waals surface area contributed by atoms with Crippen molar-refractivity contribution in [2.24, 2.45) is 0 Å². The number of aromatic nitrogens is 3. The second-order valence-corrected chi connectivity index (χ2v) is 5.79. The molecule has 2 heterocycles. The Labute approximate surface area is 129 Å². The summed E-state index contributed by atoms with van der Waals surface area (Å²) >= 11 is 0. The van der Waals surface area contributed by atoms with Crippen molar-refractivity contribution in [3.05, 3.63) is 17.7 Å². The summed E-state index contributed by atoms with van der Waals surface area (Å²) in [4.78, 5) is 14.9. The fourth-order valence-corrected chi connectivity index (χ4v) is 2.93. The molecular weight excluding hydrogens is 282 g/mol. The predicted molar refractivity (Wildman–Crippen MR) is 83.0 cm³/mol. The predicted octanol–water partition coefficient (Wildman–Crippen LogP) is 1.18. The molecule has 1 unspecified atom stereocenters. The number of likely N-dealkylation sites (tertiary alicyclic amines) is 1. The van der Waals surface area contributed by atoms with Crippen LogP contribution in [0.15, 0.2) is 12.1 Å². The summed E-state index contributed by atoms with van der Waals surface area (Å²) in [7, 11) is 3.64. The molecule has 22 heavy (non-hydrogen) atoms. The summed E-state index contributed by atoms with van der Waals surface area (Å²) < 4.78 is 5.33. The number of hydrogen-bond donors (Lipinski definition) is 2. The van der Waals surface area contributed by atoms with Crippen molar-refractivity contribution in [2.75, 3.05) is 27.2 Å². The first kappa shape index (κ1) is 14.8. The minimum Gasteiger partial charge on any atom is -0.496 e. The Morgan fingerprint density at radius 1 is 1.36 bits per heavy atom. The minimum absolute atomic E-state index is 0.123. The van der Waals surface area contributed by atoms with Gasteiger partial charge in [0.25, 0.3) is 5.91 Å². The smallest absolute Gasteiger partial charge is 0.255 e. The van der Waals surface area contributed by atoms with Crippen LogP contribution >= 0.6 is 0 Å². The Morgan fingerprint density at radius 2 is 2.14 bits per heavy atom. The van der Waals surface area contributed by atoms with Crippen LogP contribution in [-0.4, -0.2) is 59.5 Å². The Hall–Kier alpha value is -2.15. The number of H-pyrrole nitrogens is 1. The molecule has 1 aromatic carbocycles. The van der Waals surface area contributed by atoms with Gasteiger partial charge in [0.05, 0.1) is 12.7 Å². The van der Waals surface area contributed by atoms with E-state index in [4.69, 9.17) is 4.74 Å². The van der Waals surface area contributed by atoms with E-state index in [1.807, 2.05) is 0 Å². The number of aromatic amines is 1. The average Bonchev–Trinajstić information content (AvgIpc) is 2.87. The number of benzene rings is 1. The standard InChI is InChI=1S/C15H21N5O2/c1-20-6-4-3-5-10(9-20)16-15(21)11-7-12-13(18-19-17-12)8-14(11)22-2/h7-8,10H,3-6,9H2,1-2H3,(H,16,21)(H,17,18,19). The number of amides is 1. The van der Waals surface area contributed by atoms with Gasteiger partial charge in [-0.3, -0.25) is 4.79 Å². The Kier molecular flexibility index (Phi) is 4.24. The highest BCUT2D eigenvalue weighted by Gasteiger charge is 2.21. The summed E-state index contributed by atoms with van der Waals surface area (Å²) in [6, 6.07) is 3.61. The molecule has 3 rings (SSSR count). The summed E-state index contributed by atoms with van der Waals surface area (Å²) in [5.74, 6) is 0.392. The largest absolute Gasteiger partial charge is 0.496 e. The average molecular weight is 303 g/mol. The van der Waals surface area contributed by atoms with Crippen LogP contribution in [0.1, 0.15) is 29.6 Å². The number of fused-ring (bicyclic) bond motifs is 1. The highest BCUT2D eigenvalue weighted by molar-refractivity contribution is 6.00. The first-order chi connectivity index (χ1) is 10.7. The zero-order valence-corrected chi connectivity index (χ0v) is 12.9. The van der Waals surface area contributed by atoms with E-state index in [9.17, 15) is 4.79 Å². The summed E-state index contributed by atoms with van der Waals surface area (Å²) in [6.07, 6.45) is 3.32. The third-order valence-corrected chi connectivity index (χ3v) is 4.09. The van der Waals surface area contributed by atoms with Crippen LogP contribution in [0.2, 0.25) is 0 Å². The number of carbonyl (C=O) groups excluding carboxylic acids is 1. The first-order valence-electron chi connectivity index (χ1n) is 7.55. The zero-order valence-electron chi connectivity index (χ0n) is 12.9. The van der Waals surface area contributed by atoms with Crippen molar-refractivity contribution in [3.63, 3.8) is 0 Å². The van der Waals surface area contributed by atoms with E-state index in [1.165, 1.54) is 6.42 Å². The van der Waals surface area contributed by atoms with E-state index < -0.39 is 0 Å². The third kappa shape index (κ3) is 3.04. The van der Waals surface area contributed by atoms with Gasteiger partial charge in [-0.15, -0.1) is 0 Å². The number of rotatable bonds is 3. The fraction of sp³-hybridized carbons (Fsp3) is 0.533. The molecule has 0 aliphatic carbocycles. The van der Waals surface area contributed by atoms with Crippen molar-refractivity contribution in [2.45, 2.75) is 25.3 Å². The normalized spacial score (nSPS) is 19.8. The van der Waals surface area contributed by atoms with E-state index in [-0.39, 0.29) is 11.9 Å². The van der Waals surface area contributed by atoms with Crippen LogP contribution in [0.4, 0.5) is 0 Å². The lowest BCUT2D eigenvalue weighted by Crippen LogP contribution is -2.41. The summed E-state index contributed by atoms with van der Waals surface area (Å²) in [5, 5.41) is 13.7. The van der Waals surface area contributed by atoms with Crippen molar-refractivity contribution < 1.29 is 9.53 Å². The Balaban J connectivity index is 1.81. The molecule has 1 aromatic heterocycles. The maximum absolute atomic E-state index is 12.6. The summed E-state index contributed by atoms with van der Waals surface area (Å²) in [5.41, 5.74) is 1.84. The van der Waals surface area contributed by atoms with Crippen LogP contribution in [0.3, 0.4) is 0 Å². The van der Waals surface area contributed by atoms with Crippen LogP contribution in [0, 0.1) is 0 Å². The van der Waals surface area contributed by atoms with Gasteiger partial charge in [0.1, 0.15) is 16.8 Å². The fourth-order valence-electron chi connectivity index (χ4n) is 2.93. The van der Waals surface area contributed by atoms with Crippen molar-refractivity contribution >= 4 is 16.9 Å². The van der Waals surface area contributed by atoms with Crippen LogP contribution in [-0.2, 0) is 0 Å². The lowest BCUT2D eigenvalue weighted by atomic mass is 10.1.